The maximum absolute atomic E-state index is 12.4. The third-order valence-corrected chi connectivity index (χ3v) is 3.77. The van der Waals surface area contributed by atoms with Gasteiger partial charge in [-0.1, -0.05) is 66.5 Å². The summed E-state index contributed by atoms with van der Waals surface area (Å²) in [6.07, 6.45) is 0.706. The fourth-order valence-electron chi connectivity index (χ4n) is 2.09. The van der Waals surface area contributed by atoms with Crippen LogP contribution in [0.15, 0.2) is 48.5 Å². The Morgan fingerprint density at radius 2 is 1.65 bits per heavy atom. The Bertz CT molecular complexity index is 578. The summed E-state index contributed by atoms with van der Waals surface area (Å²) >= 11 is 12.1. The van der Waals surface area contributed by atoms with Crippen molar-refractivity contribution in [1.82, 2.24) is 0 Å². The van der Waals surface area contributed by atoms with Crippen LogP contribution in [0.2, 0.25) is 10.0 Å². The quantitative estimate of drug-likeness (QED) is 0.834. The van der Waals surface area contributed by atoms with Crippen molar-refractivity contribution in [2.75, 3.05) is 5.32 Å². The van der Waals surface area contributed by atoms with Gasteiger partial charge < -0.3 is 5.32 Å². The lowest BCUT2D eigenvalue weighted by Gasteiger charge is -2.16. The molecule has 0 unspecified atom stereocenters. The second-order valence-corrected chi connectivity index (χ2v) is 5.27. The third kappa shape index (κ3) is 3.33. The Hall–Kier alpha value is -1.51. The number of anilines is 1. The largest absolute Gasteiger partial charge is 0.323 e. The molecule has 20 heavy (non-hydrogen) atoms. The van der Waals surface area contributed by atoms with Crippen molar-refractivity contribution < 1.29 is 4.79 Å². The van der Waals surface area contributed by atoms with E-state index in [1.807, 2.05) is 37.3 Å². The second kappa shape index (κ2) is 6.78. The van der Waals surface area contributed by atoms with Crippen LogP contribution < -0.4 is 5.32 Å². The zero-order valence-corrected chi connectivity index (χ0v) is 12.6. The molecule has 0 aliphatic heterocycles. The Morgan fingerprint density at radius 1 is 1.05 bits per heavy atom. The Labute approximate surface area is 128 Å². The molecule has 4 heteroatoms. The first-order chi connectivity index (χ1) is 9.63. The summed E-state index contributed by atoms with van der Waals surface area (Å²) in [5.74, 6) is -0.322. The third-order valence-electron chi connectivity index (χ3n) is 3.14. The van der Waals surface area contributed by atoms with Gasteiger partial charge in [0.25, 0.3) is 0 Å². The predicted molar refractivity (Wildman–Crippen MR) is 84.6 cm³/mol. The molecule has 104 valence electrons. The molecule has 0 spiro atoms. The van der Waals surface area contributed by atoms with E-state index in [0.717, 1.165) is 5.56 Å². The standard InChI is InChI=1S/C16H15Cl2NO/c1-2-12(11-7-4-3-5-8-11)16(20)19-15-13(17)9-6-10-14(15)18/h3-10,12H,2H2,1H3,(H,19,20)/t12-/m1/s1. The summed E-state index contributed by atoms with van der Waals surface area (Å²) in [5, 5.41) is 3.70. The summed E-state index contributed by atoms with van der Waals surface area (Å²) in [6.45, 7) is 1.98. The Morgan fingerprint density at radius 3 is 2.20 bits per heavy atom. The molecule has 0 heterocycles. The molecule has 0 radical (unpaired) electrons. The Balaban J connectivity index is 2.23. The number of nitrogens with one attached hydrogen (secondary N) is 1. The van der Waals surface area contributed by atoms with Gasteiger partial charge in [0.15, 0.2) is 0 Å². The maximum Gasteiger partial charge on any atom is 0.231 e. The minimum Gasteiger partial charge on any atom is -0.323 e. The van der Waals surface area contributed by atoms with Gasteiger partial charge in [0.1, 0.15) is 0 Å². The van der Waals surface area contributed by atoms with Gasteiger partial charge in [-0.15, -0.1) is 0 Å². The number of rotatable bonds is 4. The van der Waals surface area contributed by atoms with Crippen molar-refractivity contribution in [3.05, 3.63) is 64.1 Å². The van der Waals surface area contributed by atoms with Crippen LogP contribution in [0.5, 0.6) is 0 Å². The first kappa shape index (κ1) is 14.9. The van der Waals surface area contributed by atoms with Gasteiger partial charge in [0.2, 0.25) is 5.91 Å². The van der Waals surface area contributed by atoms with E-state index in [1.54, 1.807) is 18.2 Å². The zero-order valence-electron chi connectivity index (χ0n) is 11.1. The van der Waals surface area contributed by atoms with E-state index in [1.165, 1.54) is 0 Å². The fourth-order valence-corrected chi connectivity index (χ4v) is 2.58. The first-order valence-corrected chi connectivity index (χ1v) is 7.19. The molecular formula is C16H15Cl2NO. The van der Waals surface area contributed by atoms with Gasteiger partial charge in [-0.3, -0.25) is 4.79 Å². The number of carbonyl (C=O) groups is 1. The molecule has 0 aliphatic carbocycles. The maximum atomic E-state index is 12.4. The van der Waals surface area contributed by atoms with Crippen LogP contribution in [0.25, 0.3) is 0 Å². The number of carbonyl (C=O) groups excluding carboxylic acids is 1. The molecule has 2 nitrogen and oxygen atoms in total. The van der Waals surface area contributed by atoms with Gasteiger partial charge in [-0.2, -0.15) is 0 Å². The highest BCUT2D eigenvalue weighted by Crippen LogP contribution is 2.31. The van der Waals surface area contributed by atoms with E-state index in [4.69, 9.17) is 23.2 Å². The number of benzene rings is 2. The van der Waals surface area contributed by atoms with E-state index >= 15 is 0 Å². The number of para-hydroxylation sites is 1. The van der Waals surface area contributed by atoms with E-state index in [9.17, 15) is 4.79 Å². The molecule has 0 aliphatic rings. The Kier molecular flexibility index (Phi) is 5.05. The average molecular weight is 308 g/mol. The second-order valence-electron chi connectivity index (χ2n) is 4.46. The van der Waals surface area contributed by atoms with Crippen molar-refractivity contribution in [3.8, 4) is 0 Å². The van der Waals surface area contributed by atoms with Crippen molar-refractivity contribution in [2.45, 2.75) is 19.3 Å². The minimum absolute atomic E-state index is 0.103. The van der Waals surface area contributed by atoms with Crippen LogP contribution >= 0.6 is 23.2 Å². The van der Waals surface area contributed by atoms with Crippen molar-refractivity contribution >= 4 is 34.8 Å². The molecule has 0 aromatic heterocycles. The van der Waals surface area contributed by atoms with Gasteiger partial charge >= 0.3 is 0 Å². The number of hydrogen-bond donors (Lipinski definition) is 1. The monoisotopic (exact) mass is 307 g/mol. The molecule has 2 aromatic carbocycles. The summed E-state index contributed by atoms with van der Waals surface area (Å²) in [6, 6.07) is 14.8. The first-order valence-electron chi connectivity index (χ1n) is 6.43. The molecular weight excluding hydrogens is 293 g/mol. The molecule has 2 aromatic rings. The highest BCUT2D eigenvalue weighted by Gasteiger charge is 2.20. The van der Waals surface area contributed by atoms with Crippen molar-refractivity contribution in [1.29, 1.82) is 0 Å². The lowest BCUT2D eigenvalue weighted by Crippen LogP contribution is -2.21. The SMILES string of the molecule is CC[C@@H](C(=O)Nc1c(Cl)cccc1Cl)c1ccccc1. The normalized spacial score (nSPS) is 11.9. The summed E-state index contributed by atoms with van der Waals surface area (Å²) in [5.41, 5.74) is 1.45. The lowest BCUT2D eigenvalue weighted by molar-refractivity contribution is -0.117. The van der Waals surface area contributed by atoms with Gasteiger partial charge in [-0.25, -0.2) is 0 Å². The molecule has 1 amide bonds. The summed E-state index contributed by atoms with van der Waals surface area (Å²) < 4.78 is 0. The molecule has 1 atom stereocenters. The topological polar surface area (TPSA) is 29.1 Å². The van der Waals surface area contributed by atoms with Crippen LogP contribution in [0, 0.1) is 0 Å². The van der Waals surface area contributed by atoms with Crippen LogP contribution in [0.1, 0.15) is 24.8 Å². The predicted octanol–water partition coefficient (Wildman–Crippen LogP) is 5.13. The van der Waals surface area contributed by atoms with Gasteiger partial charge in [0.05, 0.1) is 21.7 Å². The van der Waals surface area contributed by atoms with Crippen molar-refractivity contribution in [2.24, 2.45) is 0 Å². The average Bonchev–Trinajstić information content (AvgIpc) is 2.45. The number of halogens is 2. The van der Waals surface area contributed by atoms with Crippen LogP contribution in [-0.4, -0.2) is 5.91 Å². The fraction of sp³-hybridized carbons (Fsp3) is 0.188. The van der Waals surface area contributed by atoms with Gasteiger partial charge in [-0.05, 0) is 24.1 Å². The summed E-state index contributed by atoms with van der Waals surface area (Å²) in [7, 11) is 0. The van der Waals surface area contributed by atoms with Crippen LogP contribution in [-0.2, 0) is 4.79 Å². The molecule has 0 bridgehead atoms. The lowest BCUT2D eigenvalue weighted by atomic mass is 9.95. The van der Waals surface area contributed by atoms with E-state index in [0.29, 0.717) is 22.2 Å². The van der Waals surface area contributed by atoms with E-state index in [2.05, 4.69) is 5.32 Å². The highest BCUT2D eigenvalue weighted by molar-refractivity contribution is 6.39. The van der Waals surface area contributed by atoms with Crippen LogP contribution in [0.3, 0.4) is 0 Å². The summed E-state index contributed by atoms with van der Waals surface area (Å²) in [4.78, 5) is 12.4. The molecule has 2 rings (SSSR count). The van der Waals surface area contributed by atoms with Crippen molar-refractivity contribution in [3.63, 3.8) is 0 Å². The number of amides is 1. The van der Waals surface area contributed by atoms with Gasteiger partial charge in [0, 0.05) is 0 Å². The van der Waals surface area contributed by atoms with Crippen LogP contribution in [0.4, 0.5) is 5.69 Å². The molecule has 1 N–H and O–H groups in total. The zero-order chi connectivity index (χ0) is 14.5. The molecule has 0 saturated carbocycles. The van der Waals surface area contributed by atoms with E-state index in [-0.39, 0.29) is 11.8 Å². The minimum atomic E-state index is -0.219. The smallest absolute Gasteiger partial charge is 0.231 e. The highest BCUT2D eigenvalue weighted by atomic mass is 35.5. The number of hydrogen-bond acceptors (Lipinski definition) is 1. The molecule has 0 fully saturated rings. The van der Waals surface area contributed by atoms with E-state index < -0.39 is 0 Å². The molecule has 0 saturated heterocycles.